The van der Waals surface area contributed by atoms with E-state index in [4.69, 9.17) is 9.72 Å². The summed E-state index contributed by atoms with van der Waals surface area (Å²) in [7, 11) is 5.97. The van der Waals surface area contributed by atoms with Crippen molar-refractivity contribution in [3.05, 3.63) is 53.3 Å². The summed E-state index contributed by atoms with van der Waals surface area (Å²) < 4.78 is 5.48. The highest BCUT2D eigenvalue weighted by molar-refractivity contribution is 6.11. The average Bonchev–Trinajstić information content (AvgIpc) is 2.74. The fourth-order valence-electron chi connectivity index (χ4n) is 3.76. The number of hydrogen-bond donors (Lipinski definition) is 1. The molecule has 1 aromatic heterocycles. The fourth-order valence-corrected chi connectivity index (χ4v) is 3.76. The molecular weight excluding hydrogens is 428 g/mol. The highest BCUT2D eigenvalue weighted by Gasteiger charge is 2.28. The molecule has 34 heavy (non-hydrogen) atoms. The number of carbonyl (C=O) groups excluding carboxylic acids is 2. The number of amides is 2. The number of hydrogen-bond acceptors (Lipinski definition) is 6. The molecule has 0 radical (unpaired) electrons. The number of aryl methyl sites for hydroxylation is 2. The van der Waals surface area contributed by atoms with Crippen LogP contribution < -0.4 is 15.1 Å². The smallest absolute Gasteiger partial charge is 0.421 e. The normalized spacial score (nSPS) is 12.2. The highest BCUT2D eigenvalue weighted by atomic mass is 16.6. The molecule has 1 atom stereocenters. The molecule has 2 aromatic rings. The lowest BCUT2D eigenvalue weighted by Gasteiger charge is -2.26. The minimum Gasteiger partial charge on any atom is -0.443 e. The monoisotopic (exact) mass is 468 g/mol. The zero-order valence-electron chi connectivity index (χ0n) is 21.9. The number of nitrogens with one attached hydrogen (secondary N) is 1. The maximum absolute atomic E-state index is 12.8. The van der Waals surface area contributed by atoms with Gasteiger partial charge in [-0.1, -0.05) is 12.1 Å². The average molecular weight is 469 g/mol. The fraction of sp³-hybridized carbons (Fsp3) is 0.519. The van der Waals surface area contributed by atoms with E-state index in [2.05, 4.69) is 23.5 Å². The Hall–Kier alpha value is -2.93. The van der Waals surface area contributed by atoms with Crippen LogP contribution in [0.15, 0.2) is 36.5 Å². The second-order valence-corrected chi connectivity index (χ2v) is 9.92. The van der Waals surface area contributed by atoms with Crippen LogP contribution in [0.5, 0.6) is 0 Å². The van der Waals surface area contributed by atoms with Crippen molar-refractivity contribution in [2.75, 3.05) is 37.5 Å². The Morgan fingerprint density at radius 2 is 1.82 bits per heavy atom. The van der Waals surface area contributed by atoms with Crippen LogP contribution in [-0.4, -0.2) is 50.3 Å². The van der Waals surface area contributed by atoms with Gasteiger partial charge < -0.3 is 15.0 Å². The van der Waals surface area contributed by atoms with Gasteiger partial charge in [0.1, 0.15) is 5.60 Å². The van der Waals surface area contributed by atoms with Gasteiger partial charge in [-0.05, 0) is 89.9 Å². The van der Waals surface area contributed by atoms with Gasteiger partial charge in [-0.3, -0.25) is 9.78 Å². The van der Waals surface area contributed by atoms with Crippen molar-refractivity contribution in [1.29, 1.82) is 0 Å². The Morgan fingerprint density at radius 3 is 2.35 bits per heavy atom. The van der Waals surface area contributed by atoms with Crippen molar-refractivity contribution in [3.63, 3.8) is 0 Å². The summed E-state index contributed by atoms with van der Waals surface area (Å²) in [5.74, 6) is -0.0743. The van der Waals surface area contributed by atoms with Crippen LogP contribution in [0.2, 0.25) is 0 Å². The molecule has 2 rings (SSSR count). The topological polar surface area (TPSA) is 74.8 Å². The second kappa shape index (κ2) is 12.0. The lowest BCUT2D eigenvalue weighted by molar-refractivity contribution is -0.116. The first-order valence-corrected chi connectivity index (χ1v) is 11.8. The van der Waals surface area contributed by atoms with Crippen LogP contribution in [0.3, 0.4) is 0 Å². The van der Waals surface area contributed by atoms with Gasteiger partial charge in [-0.2, -0.15) is 0 Å². The van der Waals surface area contributed by atoms with E-state index in [0.717, 1.165) is 53.2 Å². The van der Waals surface area contributed by atoms with Gasteiger partial charge in [-0.25, -0.2) is 9.69 Å². The molecule has 1 unspecified atom stereocenters. The van der Waals surface area contributed by atoms with Crippen LogP contribution in [0.25, 0.3) is 0 Å². The molecule has 1 heterocycles. The largest absolute Gasteiger partial charge is 0.443 e. The van der Waals surface area contributed by atoms with E-state index in [0.29, 0.717) is 11.6 Å². The standard InChI is InChI=1S/C27H40N4O3/c1-19-9-10-21(17-25(19)31(20(2)32)26(33)34-27(3,4)5)11-12-22(15-16-28-6)24-14-13-23(18-29-24)30(7)8/h9-10,13-14,17-18,22,28H,11-12,15-16H2,1-8H3. The Balaban J connectivity index is 2.25. The Bertz CT molecular complexity index is 965. The maximum Gasteiger partial charge on any atom is 0.421 e. The lowest BCUT2D eigenvalue weighted by Crippen LogP contribution is -2.40. The number of ether oxygens (including phenoxy) is 1. The Kier molecular flexibility index (Phi) is 9.62. The van der Waals surface area contributed by atoms with Crippen LogP contribution in [0.4, 0.5) is 16.2 Å². The molecule has 7 nitrogen and oxygen atoms in total. The summed E-state index contributed by atoms with van der Waals surface area (Å²) in [4.78, 5) is 33.1. The predicted octanol–water partition coefficient (Wildman–Crippen LogP) is 5.07. The highest BCUT2D eigenvalue weighted by Crippen LogP contribution is 2.28. The molecule has 0 fully saturated rings. The molecule has 2 amide bonds. The van der Waals surface area contributed by atoms with Crippen molar-refractivity contribution < 1.29 is 14.3 Å². The van der Waals surface area contributed by atoms with Gasteiger partial charge in [-0.15, -0.1) is 0 Å². The van der Waals surface area contributed by atoms with E-state index in [9.17, 15) is 9.59 Å². The molecule has 0 aliphatic rings. The molecule has 0 saturated carbocycles. The van der Waals surface area contributed by atoms with Gasteiger partial charge in [0.05, 0.1) is 17.6 Å². The van der Waals surface area contributed by atoms with Gasteiger partial charge in [0.2, 0.25) is 5.91 Å². The van der Waals surface area contributed by atoms with E-state index in [1.54, 1.807) is 20.8 Å². The van der Waals surface area contributed by atoms with Crippen molar-refractivity contribution in [2.45, 2.75) is 65.4 Å². The van der Waals surface area contributed by atoms with Gasteiger partial charge in [0.25, 0.3) is 0 Å². The van der Waals surface area contributed by atoms with E-state index >= 15 is 0 Å². The van der Waals surface area contributed by atoms with Crippen LogP contribution >= 0.6 is 0 Å². The Labute approximate surface area is 204 Å². The number of carbonyl (C=O) groups is 2. The van der Waals surface area contributed by atoms with Crippen molar-refractivity contribution in [2.24, 2.45) is 0 Å². The zero-order valence-corrected chi connectivity index (χ0v) is 21.9. The third kappa shape index (κ3) is 7.83. The second-order valence-electron chi connectivity index (χ2n) is 9.92. The first kappa shape index (κ1) is 27.3. The van der Waals surface area contributed by atoms with E-state index < -0.39 is 11.7 Å². The minimum atomic E-state index is -0.689. The zero-order chi connectivity index (χ0) is 25.5. The number of rotatable bonds is 9. The van der Waals surface area contributed by atoms with Crippen LogP contribution in [0, 0.1) is 6.92 Å². The third-order valence-corrected chi connectivity index (χ3v) is 5.64. The molecule has 0 bridgehead atoms. The SMILES string of the molecule is CNCCC(CCc1ccc(C)c(N(C(C)=O)C(=O)OC(C)(C)C)c1)c1ccc(N(C)C)cn1. The third-order valence-electron chi connectivity index (χ3n) is 5.64. The molecule has 0 aliphatic carbocycles. The molecule has 0 spiro atoms. The van der Waals surface area contributed by atoms with E-state index in [-0.39, 0.29) is 5.91 Å². The van der Waals surface area contributed by atoms with Crippen LogP contribution in [-0.2, 0) is 16.0 Å². The van der Waals surface area contributed by atoms with Gasteiger partial charge in [0, 0.05) is 32.6 Å². The van der Waals surface area contributed by atoms with Gasteiger partial charge >= 0.3 is 6.09 Å². The lowest BCUT2D eigenvalue weighted by atomic mass is 9.92. The summed E-state index contributed by atoms with van der Waals surface area (Å²) in [5.41, 5.74) is 3.94. The van der Waals surface area contributed by atoms with Crippen molar-refractivity contribution in [1.82, 2.24) is 10.3 Å². The maximum atomic E-state index is 12.8. The summed E-state index contributed by atoms with van der Waals surface area (Å²) >= 11 is 0. The van der Waals surface area contributed by atoms with Crippen LogP contribution in [0.1, 0.15) is 63.3 Å². The molecule has 0 saturated heterocycles. The van der Waals surface area contributed by atoms with Gasteiger partial charge in [0.15, 0.2) is 0 Å². The number of nitrogens with zero attached hydrogens (tertiary/aromatic N) is 3. The first-order valence-electron chi connectivity index (χ1n) is 11.8. The van der Waals surface area contributed by atoms with Crippen molar-refractivity contribution >= 4 is 23.4 Å². The quantitative estimate of drug-likeness (QED) is 0.554. The minimum absolute atomic E-state index is 0.295. The number of imide groups is 1. The molecule has 1 N–H and O–H groups in total. The van der Waals surface area contributed by atoms with E-state index in [1.165, 1.54) is 6.92 Å². The first-order chi connectivity index (χ1) is 15.9. The summed E-state index contributed by atoms with van der Waals surface area (Å²) in [6, 6.07) is 10.2. The number of benzene rings is 1. The number of aromatic nitrogens is 1. The molecular formula is C27H40N4O3. The number of anilines is 2. The molecule has 7 heteroatoms. The molecule has 1 aromatic carbocycles. The summed E-state index contributed by atoms with van der Waals surface area (Å²) in [5, 5.41) is 3.24. The van der Waals surface area contributed by atoms with Crippen molar-refractivity contribution in [3.8, 4) is 0 Å². The Morgan fingerprint density at radius 1 is 1.12 bits per heavy atom. The molecule has 0 aliphatic heterocycles. The van der Waals surface area contributed by atoms with E-state index in [1.807, 2.05) is 51.3 Å². The molecule has 186 valence electrons. The number of pyridine rings is 1. The summed E-state index contributed by atoms with van der Waals surface area (Å²) in [6.07, 6.45) is 3.94. The predicted molar refractivity (Wildman–Crippen MR) is 139 cm³/mol. The summed E-state index contributed by atoms with van der Waals surface area (Å²) in [6.45, 7) is 9.54.